The van der Waals surface area contributed by atoms with Gasteiger partial charge in [0, 0.05) is 37.4 Å². The van der Waals surface area contributed by atoms with Gasteiger partial charge in [-0.15, -0.1) is 0 Å². The first kappa shape index (κ1) is 24.6. The van der Waals surface area contributed by atoms with E-state index in [9.17, 15) is 9.59 Å². The van der Waals surface area contributed by atoms with Gasteiger partial charge in [-0.1, -0.05) is 35.3 Å². The molecule has 3 aliphatic rings. The van der Waals surface area contributed by atoms with E-state index >= 15 is 0 Å². The molecule has 5 rings (SSSR count). The number of carbonyl (C=O) groups excluding carboxylic acids is 2. The number of halogens is 2. The molecule has 2 saturated heterocycles. The quantitative estimate of drug-likeness (QED) is 0.603. The lowest BCUT2D eigenvalue weighted by molar-refractivity contribution is -0.133. The number of likely N-dealkylation sites (tertiary alicyclic amines) is 1. The Hall–Kier alpha value is -2.09. The Balaban J connectivity index is 1.26. The van der Waals surface area contributed by atoms with Gasteiger partial charge in [0.25, 0.3) is 5.91 Å². The van der Waals surface area contributed by atoms with E-state index < -0.39 is 0 Å². The molecule has 0 N–H and O–H groups in total. The Morgan fingerprint density at radius 1 is 1.06 bits per heavy atom. The van der Waals surface area contributed by atoms with Gasteiger partial charge in [0.2, 0.25) is 5.91 Å². The summed E-state index contributed by atoms with van der Waals surface area (Å²) in [6.07, 6.45) is 4.39. The van der Waals surface area contributed by atoms with Crippen LogP contribution in [-0.4, -0.2) is 69.8 Å². The number of ether oxygens (including phenoxy) is 1. The minimum absolute atomic E-state index is 0.00383. The summed E-state index contributed by atoms with van der Waals surface area (Å²) in [5.41, 5.74) is 3.63. The highest BCUT2D eigenvalue weighted by Crippen LogP contribution is 2.36. The maximum absolute atomic E-state index is 13.4. The summed E-state index contributed by atoms with van der Waals surface area (Å²) in [4.78, 5) is 30.3. The molecule has 1 aliphatic carbocycles. The summed E-state index contributed by atoms with van der Waals surface area (Å²) in [5.74, 6) is 0.294. The molecule has 7 nitrogen and oxygen atoms in total. The van der Waals surface area contributed by atoms with Gasteiger partial charge in [-0.05, 0) is 63.5 Å². The molecule has 9 heteroatoms. The van der Waals surface area contributed by atoms with Crippen LogP contribution < -0.4 is 0 Å². The maximum Gasteiger partial charge on any atom is 0.274 e. The molecular formula is C26H32Cl2N4O3. The second-order valence-corrected chi connectivity index (χ2v) is 10.8. The normalized spacial score (nSPS) is 23.0. The van der Waals surface area contributed by atoms with E-state index in [4.69, 9.17) is 27.9 Å². The highest BCUT2D eigenvalue weighted by molar-refractivity contribution is 6.42. The zero-order valence-corrected chi connectivity index (χ0v) is 21.8. The predicted molar refractivity (Wildman–Crippen MR) is 135 cm³/mol. The Bertz CT molecular complexity index is 1120. The maximum atomic E-state index is 13.4. The first-order valence-corrected chi connectivity index (χ1v) is 13.3. The van der Waals surface area contributed by atoms with Crippen LogP contribution in [0.2, 0.25) is 10.0 Å². The van der Waals surface area contributed by atoms with Gasteiger partial charge in [0.1, 0.15) is 6.54 Å². The highest BCUT2D eigenvalue weighted by atomic mass is 35.5. The molecule has 188 valence electrons. The van der Waals surface area contributed by atoms with E-state index in [0.29, 0.717) is 47.8 Å². The molecule has 0 spiro atoms. The van der Waals surface area contributed by atoms with Gasteiger partial charge in [0.05, 0.1) is 22.3 Å². The molecule has 1 aromatic carbocycles. The van der Waals surface area contributed by atoms with Crippen LogP contribution in [0.25, 0.3) is 0 Å². The van der Waals surface area contributed by atoms with E-state index in [-0.39, 0.29) is 30.6 Å². The molecule has 2 fully saturated rings. The monoisotopic (exact) mass is 518 g/mol. The van der Waals surface area contributed by atoms with E-state index in [1.165, 1.54) is 0 Å². The van der Waals surface area contributed by atoms with Gasteiger partial charge < -0.3 is 14.5 Å². The lowest BCUT2D eigenvalue weighted by Gasteiger charge is -2.35. The van der Waals surface area contributed by atoms with Crippen molar-refractivity contribution in [1.82, 2.24) is 19.6 Å². The van der Waals surface area contributed by atoms with Crippen LogP contribution in [0.4, 0.5) is 0 Å². The van der Waals surface area contributed by atoms with E-state index in [0.717, 1.165) is 48.9 Å². The number of morpholine rings is 1. The van der Waals surface area contributed by atoms with Crippen molar-refractivity contribution in [1.29, 1.82) is 0 Å². The largest absolute Gasteiger partial charge is 0.372 e. The van der Waals surface area contributed by atoms with Crippen LogP contribution in [-0.2, 0) is 28.9 Å². The molecule has 0 saturated carbocycles. The number of carbonyl (C=O) groups is 2. The zero-order valence-electron chi connectivity index (χ0n) is 20.3. The third kappa shape index (κ3) is 4.95. The van der Waals surface area contributed by atoms with Crippen LogP contribution in [0, 0.1) is 0 Å². The number of aromatic nitrogens is 2. The van der Waals surface area contributed by atoms with Crippen LogP contribution in [0.3, 0.4) is 0 Å². The number of benzene rings is 1. The summed E-state index contributed by atoms with van der Waals surface area (Å²) in [6.45, 7) is 6.62. The lowest BCUT2D eigenvalue weighted by atomic mass is 9.89. The van der Waals surface area contributed by atoms with E-state index in [1.807, 2.05) is 35.8 Å². The summed E-state index contributed by atoms with van der Waals surface area (Å²) >= 11 is 12.6. The van der Waals surface area contributed by atoms with Crippen molar-refractivity contribution in [2.75, 3.05) is 26.2 Å². The minimum atomic E-state index is -0.0458. The molecule has 0 bridgehead atoms. The fraction of sp³-hybridized carbons (Fsp3) is 0.577. The first-order chi connectivity index (χ1) is 16.8. The van der Waals surface area contributed by atoms with E-state index in [1.54, 1.807) is 10.7 Å². The predicted octanol–water partition coefficient (Wildman–Crippen LogP) is 4.33. The van der Waals surface area contributed by atoms with Crippen molar-refractivity contribution in [2.24, 2.45) is 0 Å². The Morgan fingerprint density at radius 2 is 1.77 bits per heavy atom. The number of fused-ring (bicyclic) bond motifs is 1. The Labute approximate surface area is 216 Å². The molecule has 2 atom stereocenters. The third-order valence-corrected chi connectivity index (χ3v) is 8.30. The topological polar surface area (TPSA) is 67.7 Å². The molecule has 2 aliphatic heterocycles. The van der Waals surface area contributed by atoms with Crippen molar-refractivity contribution in [3.8, 4) is 0 Å². The Morgan fingerprint density at radius 3 is 2.49 bits per heavy atom. The molecule has 2 aromatic rings. The highest BCUT2D eigenvalue weighted by Gasteiger charge is 2.34. The molecule has 0 radical (unpaired) electrons. The van der Waals surface area contributed by atoms with E-state index in [2.05, 4.69) is 5.10 Å². The second-order valence-electron chi connectivity index (χ2n) is 10.1. The first-order valence-electron chi connectivity index (χ1n) is 12.6. The van der Waals surface area contributed by atoms with Crippen LogP contribution in [0.1, 0.15) is 66.3 Å². The number of hydrogen-bond acceptors (Lipinski definition) is 4. The standard InChI is InChI=1S/C26H32Cl2N4O3/c1-16-13-31(14-17(2)35-16)26(34)25-20-6-4-8-22(20)32(29-25)15-23(33)30-11-9-18(10-12-30)19-5-3-7-21(27)24(19)28/h3,5,7,16-18H,4,6,8-15H2,1-2H3/t16-,17+. The number of rotatable bonds is 4. The molecule has 35 heavy (non-hydrogen) atoms. The lowest BCUT2D eigenvalue weighted by Crippen LogP contribution is -2.48. The fourth-order valence-electron chi connectivity index (χ4n) is 5.81. The molecule has 0 unspecified atom stereocenters. The van der Waals surface area contributed by atoms with Gasteiger partial charge in [0.15, 0.2) is 5.69 Å². The fourth-order valence-corrected chi connectivity index (χ4v) is 6.27. The van der Waals surface area contributed by atoms with Crippen LogP contribution >= 0.6 is 23.2 Å². The smallest absolute Gasteiger partial charge is 0.274 e. The van der Waals surface area contributed by atoms with Crippen molar-refractivity contribution in [2.45, 2.75) is 70.6 Å². The summed E-state index contributed by atoms with van der Waals surface area (Å²) in [5, 5.41) is 5.87. The van der Waals surface area contributed by atoms with Crippen LogP contribution in [0.5, 0.6) is 0 Å². The van der Waals surface area contributed by atoms with Gasteiger partial charge in [-0.3, -0.25) is 14.3 Å². The van der Waals surface area contributed by atoms with Crippen LogP contribution in [0.15, 0.2) is 18.2 Å². The van der Waals surface area contributed by atoms with Gasteiger partial charge in [-0.2, -0.15) is 5.10 Å². The van der Waals surface area contributed by atoms with Crippen molar-refractivity contribution >= 4 is 35.0 Å². The van der Waals surface area contributed by atoms with Crippen molar-refractivity contribution in [3.05, 3.63) is 50.8 Å². The average Bonchev–Trinajstić information content (AvgIpc) is 3.44. The summed E-state index contributed by atoms with van der Waals surface area (Å²) in [7, 11) is 0. The van der Waals surface area contributed by atoms with Gasteiger partial charge in [-0.25, -0.2) is 0 Å². The molecule has 2 amide bonds. The third-order valence-electron chi connectivity index (χ3n) is 7.47. The number of amides is 2. The molecular weight excluding hydrogens is 487 g/mol. The zero-order chi connectivity index (χ0) is 24.7. The average molecular weight is 519 g/mol. The second kappa shape index (κ2) is 10.1. The van der Waals surface area contributed by atoms with Crippen molar-refractivity contribution in [3.63, 3.8) is 0 Å². The SMILES string of the molecule is C[C@@H]1CN(C(=O)c2nn(CC(=O)N3CCC(c4cccc(Cl)c4Cl)CC3)c3c2CCC3)C[C@H](C)O1. The van der Waals surface area contributed by atoms with Crippen molar-refractivity contribution < 1.29 is 14.3 Å². The number of piperidine rings is 1. The summed E-state index contributed by atoms with van der Waals surface area (Å²) in [6, 6.07) is 5.75. The Kier molecular flexibility index (Phi) is 7.11. The molecule has 1 aromatic heterocycles. The number of nitrogens with zero attached hydrogens (tertiary/aromatic N) is 4. The summed E-state index contributed by atoms with van der Waals surface area (Å²) < 4.78 is 7.57. The van der Waals surface area contributed by atoms with Gasteiger partial charge >= 0.3 is 0 Å². The number of hydrogen-bond donors (Lipinski definition) is 0. The minimum Gasteiger partial charge on any atom is -0.372 e. The molecule has 3 heterocycles.